The topological polar surface area (TPSA) is 20.3 Å². The van der Waals surface area contributed by atoms with E-state index in [1.165, 1.54) is 6.20 Å². The van der Waals surface area contributed by atoms with E-state index >= 15 is 0 Å². The van der Waals surface area contributed by atoms with E-state index in [1.54, 1.807) is 0 Å². The van der Waals surface area contributed by atoms with Gasteiger partial charge in [-0.1, -0.05) is 13.0 Å². The van der Waals surface area contributed by atoms with Crippen LogP contribution in [0.25, 0.3) is 0 Å². The maximum atomic E-state index is 9.68. The largest absolute Gasteiger partial charge is 0.277 e. The third-order valence-corrected chi connectivity index (χ3v) is 0.459. The molecule has 7 heavy (non-hydrogen) atoms. The van der Waals surface area contributed by atoms with Gasteiger partial charge in [-0.05, 0) is 0 Å². The average Bonchev–Trinajstić information content (AvgIpc) is 1.72. The average molecular weight is 95.1 g/mol. The van der Waals surface area contributed by atoms with Crippen molar-refractivity contribution in [2.75, 3.05) is 0 Å². The van der Waals surface area contributed by atoms with Crippen molar-refractivity contribution in [1.82, 2.24) is 4.90 Å². The predicted molar refractivity (Wildman–Crippen MR) is 26.9 cm³/mol. The maximum absolute atomic E-state index is 9.68. The monoisotopic (exact) mass is 95.0 g/mol. The first-order chi connectivity index (χ1) is 3.35. The summed E-state index contributed by atoms with van der Waals surface area (Å²) in [5, 5.41) is 0. The lowest BCUT2D eigenvalue weighted by Gasteiger charge is -1.94. The van der Waals surface area contributed by atoms with Crippen LogP contribution in [-0.4, -0.2) is 11.3 Å². The highest BCUT2D eigenvalue weighted by Gasteiger charge is 1.79. The SMILES string of the molecule is C#CN(C=C)C=O. The molecule has 0 radical (unpaired) electrons. The third-order valence-electron chi connectivity index (χ3n) is 0.459. The smallest absolute Gasteiger partial charge is 0.225 e. The molecule has 0 saturated carbocycles. The first kappa shape index (κ1) is 5.77. The lowest BCUT2D eigenvalue weighted by atomic mass is 10.8. The molecule has 0 fully saturated rings. The zero-order chi connectivity index (χ0) is 5.70. The van der Waals surface area contributed by atoms with E-state index in [1.807, 2.05) is 6.04 Å². The van der Waals surface area contributed by atoms with Crippen molar-refractivity contribution >= 4 is 6.41 Å². The fraction of sp³-hybridized carbons (Fsp3) is 0. The molecule has 0 bridgehead atoms. The van der Waals surface area contributed by atoms with Gasteiger partial charge in [0, 0.05) is 12.2 Å². The zero-order valence-corrected chi connectivity index (χ0v) is 3.79. The van der Waals surface area contributed by atoms with Crippen molar-refractivity contribution in [3.8, 4) is 12.5 Å². The van der Waals surface area contributed by atoms with Gasteiger partial charge in [-0.2, -0.15) is 0 Å². The van der Waals surface area contributed by atoms with Gasteiger partial charge in [-0.3, -0.25) is 4.79 Å². The number of rotatable bonds is 2. The highest BCUT2D eigenvalue weighted by atomic mass is 16.1. The minimum absolute atomic E-state index is 0.507. The molecule has 0 spiro atoms. The first-order valence-electron chi connectivity index (χ1n) is 1.67. The van der Waals surface area contributed by atoms with Crippen LogP contribution >= 0.6 is 0 Å². The summed E-state index contributed by atoms with van der Waals surface area (Å²) in [6.45, 7) is 3.25. The van der Waals surface area contributed by atoms with Crippen LogP contribution in [0.15, 0.2) is 12.8 Å². The molecule has 0 aromatic heterocycles. The van der Waals surface area contributed by atoms with Crippen LogP contribution < -0.4 is 0 Å². The Morgan fingerprint density at radius 3 is 2.43 bits per heavy atom. The Balaban J connectivity index is 3.65. The summed E-state index contributed by atoms with van der Waals surface area (Å²) in [5.41, 5.74) is 0. The Morgan fingerprint density at radius 1 is 1.86 bits per heavy atom. The number of nitrogens with zero attached hydrogens (tertiary/aromatic N) is 1. The normalized spacial score (nSPS) is 6.14. The molecule has 0 N–H and O–H groups in total. The van der Waals surface area contributed by atoms with Crippen molar-refractivity contribution in [3.05, 3.63) is 12.8 Å². The van der Waals surface area contributed by atoms with Gasteiger partial charge in [0.05, 0.1) is 0 Å². The second-order valence-electron chi connectivity index (χ2n) is 0.824. The molecular weight excluding hydrogens is 90.1 g/mol. The lowest BCUT2D eigenvalue weighted by Crippen LogP contribution is -2.03. The summed E-state index contributed by atoms with van der Waals surface area (Å²) in [7, 11) is 0. The Kier molecular flexibility index (Phi) is 2.46. The van der Waals surface area contributed by atoms with Crippen molar-refractivity contribution in [3.63, 3.8) is 0 Å². The molecule has 0 aliphatic rings. The predicted octanol–water partition coefficient (Wildman–Crippen LogP) is 0.179. The minimum Gasteiger partial charge on any atom is -0.277 e. The number of carbonyl (C=O) groups is 1. The Bertz CT molecular complexity index is 104. The number of terminal acetylenes is 1. The summed E-state index contributed by atoms with van der Waals surface area (Å²) >= 11 is 0. The second kappa shape index (κ2) is 2.98. The van der Waals surface area contributed by atoms with Crippen molar-refractivity contribution in [2.45, 2.75) is 0 Å². The van der Waals surface area contributed by atoms with Gasteiger partial charge in [0.2, 0.25) is 6.41 Å². The van der Waals surface area contributed by atoms with Gasteiger partial charge < -0.3 is 0 Å². The molecule has 2 heteroatoms. The van der Waals surface area contributed by atoms with Gasteiger partial charge in [0.15, 0.2) is 0 Å². The lowest BCUT2D eigenvalue weighted by molar-refractivity contribution is -0.113. The fourth-order valence-corrected chi connectivity index (χ4v) is 0.126. The van der Waals surface area contributed by atoms with Crippen LogP contribution in [0.1, 0.15) is 0 Å². The summed E-state index contributed by atoms with van der Waals surface area (Å²) in [6, 6.07) is 2.05. The van der Waals surface area contributed by atoms with Crippen LogP contribution in [0.2, 0.25) is 0 Å². The van der Waals surface area contributed by atoms with Crippen LogP contribution in [0.3, 0.4) is 0 Å². The van der Waals surface area contributed by atoms with E-state index in [0.717, 1.165) is 4.90 Å². The highest BCUT2D eigenvalue weighted by Crippen LogP contribution is 1.72. The molecule has 1 amide bonds. The molecule has 2 nitrogen and oxygen atoms in total. The van der Waals surface area contributed by atoms with Crippen molar-refractivity contribution in [2.24, 2.45) is 0 Å². The van der Waals surface area contributed by atoms with E-state index in [2.05, 4.69) is 6.58 Å². The van der Waals surface area contributed by atoms with Gasteiger partial charge in [0.25, 0.3) is 0 Å². The molecule has 0 saturated heterocycles. The van der Waals surface area contributed by atoms with E-state index in [0.29, 0.717) is 6.41 Å². The molecule has 36 valence electrons. The Labute approximate surface area is 42.4 Å². The van der Waals surface area contributed by atoms with Gasteiger partial charge in [0.1, 0.15) is 0 Å². The Morgan fingerprint density at radius 2 is 2.43 bits per heavy atom. The molecule has 0 aromatic rings. The van der Waals surface area contributed by atoms with Gasteiger partial charge >= 0.3 is 0 Å². The number of hydrogen-bond acceptors (Lipinski definition) is 1. The van der Waals surface area contributed by atoms with Gasteiger partial charge in [-0.15, -0.1) is 0 Å². The van der Waals surface area contributed by atoms with Crippen molar-refractivity contribution in [1.29, 1.82) is 0 Å². The summed E-state index contributed by atoms with van der Waals surface area (Å²) in [5.74, 6) is 0. The molecule has 0 aliphatic heterocycles. The van der Waals surface area contributed by atoms with E-state index in [9.17, 15) is 4.79 Å². The van der Waals surface area contributed by atoms with Crippen LogP contribution in [-0.2, 0) is 4.79 Å². The number of hydrogen-bond donors (Lipinski definition) is 0. The third kappa shape index (κ3) is 1.61. The molecular formula is C5H5NO. The fourth-order valence-electron chi connectivity index (χ4n) is 0.126. The van der Waals surface area contributed by atoms with Crippen LogP contribution in [0, 0.1) is 12.5 Å². The molecule has 0 atom stereocenters. The number of carbonyl (C=O) groups excluding carboxylic acids is 1. The standard InChI is InChI=1S/C5H5NO/c1-3-6(4-2)5-7/h1,4-5H,2H2. The molecule has 0 heterocycles. The first-order valence-corrected chi connectivity index (χ1v) is 1.67. The second-order valence-corrected chi connectivity index (χ2v) is 0.824. The summed E-state index contributed by atoms with van der Waals surface area (Å²) in [6.07, 6.45) is 6.53. The highest BCUT2D eigenvalue weighted by molar-refractivity contribution is 5.52. The van der Waals surface area contributed by atoms with E-state index < -0.39 is 0 Å². The Hall–Kier alpha value is -1.23. The van der Waals surface area contributed by atoms with Gasteiger partial charge in [-0.25, -0.2) is 4.90 Å². The van der Waals surface area contributed by atoms with Crippen molar-refractivity contribution < 1.29 is 4.79 Å². The maximum Gasteiger partial charge on any atom is 0.225 e. The molecule has 0 aliphatic carbocycles. The molecule has 0 unspecified atom stereocenters. The molecule has 0 rings (SSSR count). The van der Waals surface area contributed by atoms with Crippen LogP contribution in [0.5, 0.6) is 0 Å². The quantitative estimate of drug-likeness (QED) is 0.272. The summed E-state index contributed by atoms with van der Waals surface area (Å²) in [4.78, 5) is 10.7. The summed E-state index contributed by atoms with van der Waals surface area (Å²) < 4.78 is 0. The van der Waals surface area contributed by atoms with E-state index in [4.69, 9.17) is 6.42 Å². The van der Waals surface area contributed by atoms with Crippen LogP contribution in [0.4, 0.5) is 0 Å². The zero-order valence-electron chi connectivity index (χ0n) is 3.79. The number of amides is 1. The van der Waals surface area contributed by atoms with E-state index in [-0.39, 0.29) is 0 Å². The molecule has 0 aromatic carbocycles. The minimum atomic E-state index is 0.507.